The van der Waals surface area contributed by atoms with Gasteiger partial charge in [0.05, 0.1) is 17.4 Å². The number of carbonyl (C=O) groups is 2. The van der Waals surface area contributed by atoms with E-state index in [2.05, 4.69) is 0 Å². The number of hydrogen-bond acceptors (Lipinski definition) is 4. The van der Waals surface area contributed by atoms with Crippen molar-refractivity contribution in [3.63, 3.8) is 0 Å². The van der Waals surface area contributed by atoms with Gasteiger partial charge in [0.1, 0.15) is 0 Å². The first-order chi connectivity index (χ1) is 11.3. The first-order valence-corrected chi connectivity index (χ1v) is 9.93. The van der Waals surface area contributed by atoms with Crippen molar-refractivity contribution in [2.45, 2.75) is 25.8 Å². The molecule has 0 radical (unpaired) electrons. The van der Waals surface area contributed by atoms with E-state index in [0.29, 0.717) is 13.0 Å². The van der Waals surface area contributed by atoms with Crippen LogP contribution in [-0.4, -0.2) is 56.3 Å². The number of sulfone groups is 1. The summed E-state index contributed by atoms with van der Waals surface area (Å²) in [5, 5.41) is 0. The zero-order valence-electron chi connectivity index (χ0n) is 13.9. The topological polar surface area (TPSA) is 74.8 Å². The van der Waals surface area contributed by atoms with Crippen LogP contribution in [0.2, 0.25) is 0 Å². The van der Waals surface area contributed by atoms with Crippen molar-refractivity contribution in [3.8, 4) is 0 Å². The Balaban J connectivity index is 1.69. The molecule has 2 heterocycles. The van der Waals surface area contributed by atoms with E-state index in [1.807, 2.05) is 31.2 Å². The summed E-state index contributed by atoms with van der Waals surface area (Å²) in [5.74, 6) is -0.455. The lowest BCUT2D eigenvalue weighted by atomic mass is 10.1. The molecule has 1 aromatic rings. The Kier molecular flexibility index (Phi) is 4.38. The standard InChI is InChI=1S/C17H22N2O4S/c1-12-3-5-14(6-4-12)19-10-13(9-16(19)20)17(21)18(2)15-7-8-24(22,23)11-15/h3-6,13,15H,7-11H2,1-2H3. The van der Waals surface area contributed by atoms with E-state index < -0.39 is 15.8 Å². The Hall–Kier alpha value is -1.89. The van der Waals surface area contributed by atoms with Gasteiger partial charge in [-0.1, -0.05) is 17.7 Å². The second kappa shape index (κ2) is 6.20. The Morgan fingerprint density at radius 3 is 2.50 bits per heavy atom. The Morgan fingerprint density at radius 1 is 1.25 bits per heavy atom. The third-order valence-electron chi connectivity index (χ3n) is 4.92. The van der Waals surface area contributed by atoms with Crippen molar-refractivity contribution in [3.05, 3.63) is 29.8 Å². The maximum Gasteiger partial charge on any atom is 0.228 e. The molecular weight excluding hydrogens is 328 g/mol. The lowest BCUT2D eigenvalue weighted by molar-refractivity contribution is -0.136. The molecule has 2 amide bonds. The molecule has 0 spiro atoms. The molecule has 2 saturated heterocycles. The van der Waals surface area contributed by atoms with Gasteiger partial charge in [0, 0.05) is 31.7 Å². The molecule has 2 fully saturated rings. The predicted molar refractivity (Wildman–Crippen MR) is 91.5 cm³/mol. The maximum atomic E-state index is 12.7. The molecule has 0 aliphatic carbocycles. The lowest BCUT2D eigenvalue weighted by Crippen LogP contribution is -2.42. The van der Waals surface area contributed by atoms with Crippen molar-refractivity contribution in [1.29, 1.82) is 0 Å². The molecule has 6 nitrogen and oxygen atoms in total. The molecule has 2 atom stereocenters. The summed E-state index contributed by atoms with van der Waals surface area (Å²) in [7, 11) is -1.39. The van der Waals surface area contributed by atoms with E-state index in [-0.39, 0.29) is 35.8 Å². The molecule has 0 N–H and O–H groups in total. The molecule has 24 heavy (non-hydrogen) atoms. The number of aryl methyl sites for hydroxylation is 1. The molecule has 2 aliphatic rings. The van der Waals surface area contributed by atoms with E-state index in [9.17, 15) is 18.0 Å². The fraction of sp³-hybridized carbons (Fsp3) is 0.529. The summed E-state index contributed by atoms with van der Waals surface area (Å²) in [5.41, 5.74) is 1.91. The Bertz CT molecular complexity index is 757. The maximum absolute atomic E-state index is 12.7. The van der Waals surface area contributed by atoms with Gasteiger partial charge < -0.3 is 9.80 Å². The van der Waals surface area contributed by atoms with Crippen LogP contribution >= 0.6 is 0 Å². The molecular formula is C17H22N2O4S. The number of benzene rings is 1. The van der Waals surface area contributed by atoms with Crippen LogP contribution in [0.5, 0.6) is 0 Å². The zero-order chi connectivity index (χ0) is 17.5. The minimum absolute atomic E-state index is 0.0254. The molecule has 130 valence electrons. The number of rotatable bonds is 3. The van der Waals surface area contributed by atoms with Crippen LogP contribution in [-0.2, 0) is 19.4 Å². The Morgan fingerprint density at radius 2 is 1.92 bits per heavy atom. The van der Waals surface area contributed by atoms with Crippen molar-refractivity contribution >= 4 is 27.3 Å². The van der Waals surface area contributed by atoms with Crippen molar-refractivity contribution < 1.29 is 18.0 Å². The largest absolute Gasteiger partial charge is 0.341 e. The smallest absolute Gasteiger partial charge is 0.228 e. The second-order valence-electron chi connectivity index (χ2n) is 6.75. The number of amides is 2. The van der Waals surface area contributed by atoms with Crippen LogP contribution in [0.4, 0.5) is 5.69 Å². The highest BCUT2D eigenvalue weighted by molar-refractivity contribution is 7.91. The first-order valence-electron chi connectivity index (χ1n) is 8.11. The molecule has 7 heteroatoms. The molecule has 0 saturated carbocycles. The van der Waals surface area contributed by atoms with Gasteiger partial charge in [-0.2, -0.15) is 0 Å². The van der Waals surface area contributed by atoms with Gasteiger partial charge in [-0.05, 0) is 25.5 Å². The quantitative estimate of drug-likeness (QED) is 0.815. The van der Waals surface area contributed by atoms with E-state index in [1.54, 1.807) is 11.9 Å². The van der Waals surface area contributed by atoms with E-state index >= 15 is 0 Å². The summed E-state index contributed by atoms with van der Waals surface area (Å²) in [6.07, 6.45) is 0.656. The van der Waals surface area contributed by atoms with Gasteiger partial charge in [0.25, 0.3) is 0 Å². The average molecular weight is 350 g/mol. The predicted octanol–water partition coefficient (Wildman–Crippen LogP) is 0.993. The number of hydrogen-bond donors (Lipinski definition) is 0. The highest BCUT2D eigenvalue weighted by Gasteiger charge is 2.40. The molecule has 0 bridgehead atoms. The summed E-state index contributed by atoms with van der Waals surface area (Å²) in [4.78, 5) is 28.1. The highest BCUT2D eigenvalue weighted by Crippen LogP contribution is 2.28. The highest BCUT2D eigenvalue weighted by atomic mass is 32.2. The Labute approximate surface area is 142 Å². The van der Waals surface area contributed by atoms with Gasteiger partial charge in [0.15, 0.2) is 9.84 Å². The molecule has 2 aliphatic heterocycles. The van der Waals surface area contributed by atoms with Gasteiger partial charge in [-0.15, -0.1) is 0 Å². The fourth-order valence-electron chi connectivity index (χ4n) is 3.40. The van der Waals surface area contributed by atoms with Crippen LogP contribution in [0, 0.1) is 12.8 Å². The summed E-state index contributed by atoms with van der Waals surface area (Å²) >= 11 is 0. The minimum Gasteiger partial charge on any atom is -0.341 e. The van der Waals surface area contributed by atoms with Gasteiger partial charge in [-0.3, -0.25) is 9.59 Å². The monoisotopic (exact) mass is 350 g/mol. The molecule has 2 unspecified atom stereocenters. The summed E-state index contributed by atoms with van der Waals surface area (Å²) < 4.78 is 23.2. The summed E-state index contributed by atoms with van der Waals surface area (Å²) in [6, 6.07) is 7.37. The third kappa shape index (κ3) is 3.31. The molecule has 1 aromatic carbocycles. The fourth-order valence-corrected chi connectivity index (χ4v) is 5.17. The second-order valence-corrected chi connectivity index (χ2v) is 8.98. The van der Waals surface area contributed by atoms with Gasteiger partial charge in [0.2, 0.25) is 11.8 Å². The van der Waals surface area contributed by atoms with E-state index in [4.69, 9.17) is 0 Å². The molecule has 3 rings (SSSR count). The zero-order valence-corrected chi connectivity index (χ0v) is 14.8. The SMILES string of the molecule is Cc1ccc(N2CC(C(=O)N(C)C3CCS(=O)(=O)C3)CC2=O)cc1. The normalized spacial score (nSPS) is 25.9. The lowest BCUT2D eigenvalue weighted by Gasteiger charge is -2.26. The number of nitrogens with zero attached hydrogens (tertiary/aromatic N) is 2. The van der Waals surface area contributed by atoms with Crippen molar-refractivity contribution in [2.24, 2.45) is 5.92 Å². The van der Waals surface area contributed by atoms with E-state index in [1.165, 1.54) is 4.90 Å². The third-order valence-corrected chi connectivity index (χ3v) is 6.67. The van der Waals surface area contributed by atoms with Crippen LogP contribution < -0.4 is 4.90 Å². The average Bonchev–Trinajstić information content (AvgIpc) is 3.09. The minimum atomic E-state index is -3.04. The number of carbonyl (C=O) groups excluding carboxylic acids is 2. The van der Waals surface area contributed by atoms with E-state index in [0.717, 1.165) is 11.3 Å². The van der Waals surface area contributed by atoms with Crippen LogP contribution in [0.1, 0.15) is 18.4 Å². The van der Waals surface area contributed by atoms with Crippen LogP contribution in [0.3, 0.4) is 0 Å². The van der Waals surface area contributed by atoms with Crippen molar-refractivity contribution in [2.75, 3.05) is 30.0 Å². The molecule has 0 aromatic heterocycles. The van der Waals surface area contributed by atoms with Crippen LogP contribution in [0.15, 0.2) is 24.3 Å². The van der Waals surface area contributed by atoms with Gasteiger partial charge in [-0.25, -0.2) is 8.42 Å². The van der Waals surface area contributed by atoms with Crippen molar-refractivity contribution in [1.82, 2.24) is 4.90 Å². The first kappa shape index (κ1) is 17.0. The van der Waals surface area contributed by atoms with Gasteiger partial charge >= 0.3 is 0 Å². The van der Waals surface area contributed by atoms with Crippen LogP contribution in [0.25, 0.3) is 0 Å². The summed E-state index contributed by atoms with van der Waals surface area (Å²) in [6.45, 7) is 2.33. The number of anilines is 1.